The van der Waals surface area contributed by atoms with Crippen LogP contribution in [0.1, 0.15) is 34.6 Å². The summed E-state index contributed by atoms with van der Waals surface area (Å²) in [7, 11) is 0. The molecule has 0 aliphatic carbocycles. The molecular weight excluding hydrogens is 306 g/mol. The lowest BCUT2D eigenvalue weighted by Gasteiger charge is -2.23. The number of fused-ring (bicyclic) bond motifs is 1. The zero-order valence-electron chi connectivity index (χ0n) is 13.0. The van der Waals surface area contributed by atoms with Crippen molar-refractivity contribution in [2.75, 3.05) is 5.32 Å². The molecule has 4 rings (SSSR count). The van der Waals surface area contributed by atoms with Crippen LogP contribution in [0.3, 0.4) is 0 Å². The molecule has 0 fully saturated rings. The normalized spacial score (nSPS) is 17.0. The summed E-state index contributed by atoms with van der Waals surface area (Å²) >= 11 is 1.66. The molecule has 3 heterocycles. The van der Waals surface area contributed by atoms with E-state index in [-0.39, 0.29) is 11.8 Å². The molecule has 0 saturated carbocycles. The maximum atomic E-state index is 12.2. The molecule has 0 radical (unpaired) electrons. The molecule has 1 amide bonds. The molecule has 4 nitrogen and oxygen atoms in total. The van der Waals surface area contributed by atoms with Crippen molar-refractivity contribution in [1.82, 2.24) is 9.78 Å². The third kappa shape index (κ3) is 2.28. The van der Waals surface area contributed by atoms with Crippen LogP contribution in [0.15, 0.2) is 41.2 Å². The molecule has 5 heteroatoms. The topological polar surface area (TPSA) is 46.9 Å². The number of hydrogen-bond donors (Lipinski definition) is 1. The standard InChI is InChI=1S/C18H17N3OS/c1-11-4-3-5-16(12(11)2)21-18-15(9-19-21)14(8-17(22)20-18)13-6-7-23-10-13/h3-7,9-10,14H,8H2,1-2H3,(H,20,22). The van der Waals surface area contributed by atoms with E-state index in [4.69, 9.17) is 0 Å². The van der Waals surface area contributed by atoms with Gasteiger partial charge in [0.15, 0.2) is 0 Å². The van der Waals surface area contributed by atoms with Crippen molar-refractivity contribution in [2.45, 2.75) is 26.2 Å². The zero-order chi connectivity index (χ0) is 16.0. The summed E-state index contributed by atoms with van der Waals surface area (Å²) in [5.74, 6) is 0.927. The number of carbonyl (C=O) groups is 1. The van der Waals surface area contributed by atoms with Gasteiger partial charge >= 0.3 is 0 Å². The zero-order valence-corrected chi connectivity index (χ0v) is 13.9. The van der Waals surface area contributed by atoms with Crippen LogP contribution in [0.25, 0.3) is 5.69 Å². The maximum Gasteiger partial charge on any atom is 0.226 e. The van der Waals surface area contributed by atoms with E-state index in [1.165, 1.54) is 16.7 Å². The van der Waals surface area contributed by atoms with E-state index >= 15 is 0 Å². The van der Waals surface area contributed by atoms with E-state index in [1.54, 1.807) is 11.3 Å². The minimum absolute atomic E-state index is 0.0424. The first-order chi connectivity index (χ1) is 11.1. The van der Waals surface area contributed by atoms with Crippen LogP contribution in [0.5, 0.6) is 0 Å². The molecule has 1 N–H and O–H groups in total. The number of hydrogen-bond acceptors (Lipinski definition) is 3. The summed E-state index contributed by atoms with van der Waals surface area (Å²) in [6, 6.07) is 8.23. The molecule has 0 bridgehead atoms. The molecule has 1 aliphatic rings. The van der Waals surface area contributed by atoms with E-state index in [9.17, 15) is 4.79 Å². The van der Waals surface area contributed by atoms with Gasteiger partial charge < -0.3 is 5.32 Å². The van der Waals surface area contributed by atoms with Gasteiger partial charge in [0.2, 0.25) is 5.91 Å². The SMILES string of the molecule is Cc1cccc(-n2ncc3c2NC(=O)CC3c2ccsc2)c1C. The Kier molecular flexibility index (Phi) is 3.31. The van der Waals surface area contributed by atoms with Gasteiger partial charge in [-0.05, 0) is 53.4 Å². The fourth-order valence-corrected chi connectivity index (χ4v) is 3.85. The average molecular weight is 323 g/mol. The van der Waals surface area contributed by atoms with Crippen LogP contribution < -0.4 is 5.32 Å². The summed E-state index contributed by atoms with van der Waals surface area (Å²) in [6.45, 7) is 4.17. The average Bonchev–Trinajstić information content (AvgIpc) is 3.19. The Labute approximate surface area is 138 Å². The quantitative estimate of drug-likeness (QED) is 0.774. The lowest BCUT2D eigenvalue weighted by molar-refractivity contribution is -0.116. The predicted octanol–water partition coefficient (Wildman–Crippen LogP) is 4.02. The van der Waals surface area contributed by atoms with Crippen LogP contribution >= 0.6 is 11.3 Å². The Morgan fingerprint density at radius 3 is 2.96 bits per heavy atom. The Bertz CT molecular complexity index is 880. The molecule has 2 aromatic heterocycles. The first kappa shape index (κ1) is 14.2. The highest BCUT2D eigenvalue weighted by atomic mass is 32.1. The number of benzene rings is 1. The van der Waals surface area contributed by atoms with E-state index in [2.05, 4.69) is 47.2 Å². The van der Waals surface area contributed by atoms with Crippen molar-refractivity contribution in [3.63, 3.8) is 0 Å². The van der Waals surface area contributed by atoms with Crippen molar-refractivity contribution in [2.24, 2.45) is 0 Å². The number of aromatic nitrogens is 2. The van der Waals surface area contributed by atoms with Gasteiger partial charge in [0, 0.05) is 17.9 Å². The smallest absolute Gasteiger partial charge is 0.226 e. The first-order valence-corrected chi connectivity index (χ1v) is 8.56. The molecule has 1 atom stereocenters. The number of aryl methyl sites for hydroxylation is 1. The molecule has 3 aromatic rings. The highest BCUT2D eigenvalue weighted by molar-refractivity contribution is 7.08. The van der Waals surface area contributed by atoms with Crippen LogP contribution in [0.4, 0.5) is 5.82 Å². The fraction of sp³-hybridized carbons (Fsp3) is 0.222. The van der Waals surface area contributed by atoms with E-state index in [0.29, 0.717) is 6.42 Å². The van der Waals surface area contributed by atoms with Gasteiger partial charge in [0.05, 0.1) is 11.9 Å². The summed E-state index contributed by atoms with van der Waals surface area (Å²) in [5, 5.41) is 11.7. The number of carbonyl (C=O) groups excluding carboxylic acids is 1. The monoisotopic (exact) mass is 323 g/mol. The number of anilines is 1. The summed E-state index contributed by atoms with van der Waals surface area (Å²) < 4.78 is 1.86. The molecule has 1 aliphatic heterocycles. The van der Waals surface area contributed by atoms with Gasteiger partial charge in [-0.2, -0.15) is 16.4 Å². The minimum atomic E-state index is 0.0424. The predicted molar refractivity (Wildman–Crippen MR) is 92.4 cm³/mol. The second-order valence-corrected chi connectivity index (χ2v) is 6.72. The van der Waals surface area contributed by atoms with Crippen molar-refractivity contribution in [1.29, 1.82) is 0 Å². The van der Waals surface area contributed by atoms with Crippen molar-refractivity contribution >= 4 is 23.1 Å². The lowest BCUT2D eigenvalue weighted by atomic mass is 9.89. The lowest BCUT2D eigenvalue weighted by Crippen LogP contribution is -2.24. The van der Waals surface area contributed by atoms with Gasteiger partial charge in [-0.3, -0.25) is 4.79 Å². The number of amides is 1. The van der Waals surface area contributed by atoms with E-state index < -0.39 is 0 Å². The second kappa shape index (κ2) is 5.35. The number of nitrogens with one attached hydrogen (secondary N) is 1. The van der Waals surface area contributed by atoms with Crippen molar-refractivity contribution < 1.29 is 4.79 Å². The van der Waals surface area contributed by atoms with Gasteiger partial charge in [0.1, 0.15) is 5.82 Å². The number of thiophene rings is 1. The van der Waals surface area contributed by atoms with Crippen LogP contribution in [-0.2, 0) is 4.79 Å². The summed E-state index contributed by atoms with van der Waals surface area (Å²) in [4.78, 5) is 12.2. The van der Waals surface area contributed by atoms with Gasteiger partial charge in [0.25, 0.3) is 0 Å². The summed E-state index contributed by atoms with van der Waals surface area (Å²) in [5.41, 5.74) is 5.67. The molecule has 1 unspecified atom stereocenters. The second-order valence-electron chi connectivity index (χ2n) is 5.94. The number of nitrogens with zero attached hydrogens (tertiary/aromatic N) is 2. The Morgan fingerprint density at radius 2 is 2.17 bits per heavy atom. The van der Waals surface area contributed by atoms with Crippen molar-refractivity contribution in [3.8, 4) is 5.69 Å². The Hall–Kier alpha value is -2.40. The van der Waals surface area contributed by atoms with Gasteiger partial charge in [-0.15, -0.1) is 0 Å². The van der Waals surface area contributed by atoms with Gasteiger partial charge in [-0.1, -0.05) is 12.1 Å². The minimum Gasteiger partial charge on any atom is -0.310 e. The maximum absolute atomic E-state index is 12.2. The van der Waals surface area contributed by atoms with E-state index in [0.717, 1.165) is 17.1 Å². The highest BCUT2D eigenvalue weighted by Crippen LogP contribution is 2.39. The van der Waals surface area contributed by atoms with Crippen LogP contribution in [0.2, 0.25) is 0 Å². The van der Waals surface area contributed by atoms with Gasteiger partial charge in [-0.25, -0.2) is 4.68 Å². The molecule has 116 valence electrons. The van der Waals surface area contributed by atoms with Crippen LogP contribution in [-0.4, -0.2) is 15.7 Å². The van der Waals surface area contributed by atoms with E-state index in [1.807, 2.05) is 23.0 Å². The summed E-state index contributed by atoms with van der Waals surface area (Å²) in [6.07, 6.45) is 2.36. The highest BCUT2D eigenvalue weighted by Gasteiger charge is 2.30. The first-order valence-electron chi connectivity index (χ1n) is 7.61. The number of rotatable bonds is 2. The van der Waals surface area contributed by atoms with Crippen molar-refractivity contribution in [3.05, 3.63) is 63.5 Å². The molecule has 0 saturated heterocycles. The third-order valence-electron chi connectivity index (χ3n) is 4.57. The Balaban J connectivity index is 1.87. The molecule has 0 spiro atoms. The molecule has 23 heavy (non-hydrogen) atoms. The molecule has 1 aromatic carbocycles. The third-order valence-corrected chi connectivity index (χ3v) is 5.27. The Morgan fingerprint density at radius 1 is 1.30 bits per heavy atom. The molecular formula is C18H17N3OS. The van der Waals surface area contributed by atoms with Crippen LogP contribution in [0, 0.1) is 13.8 Å². The largest absolute Gasteiger partial charge is 0.310 e. The fourth-order valence-electron chi connectivity index (χ4n) is 3.14.